The molecule has 0 aromatic heterocycles. The largest absolute Gasteiger partial charge is 1.00 e. The van der Waals surface area contributed by atoms with E-state index in [1.807, 2.05) is 12.1 Å². The molecular weight excluding hydrogens is 184 g/mol. The number of nitrogen functional groups attached to an aromatic ring is 1. The average Bonchev–Trinajstić information content (AvgIpc) is 2.05. The lowest BCUT2D eigenvalue weighted by atomic mass is 10.2. The molecule has 0 fully saturated rings. The second-order valence-electron chi connectivity index (χ2n) is 3.59. The summed E-state index contributed by atoms with van der Waals surface area (Å²) < 4.78 is 0.903. The topological polar surface area (TPSA) is 26.0 Å². The molecule has 0 unspecified atom stereocenters. The summed E-state index contributed by atoms with van der Waals surface area (Å²) in [7, 11) is 4.37. The van der Waals surface area contributed by atoms with Crippen LogP contribution in [0.25, 0.3) is 0 Å². The number of quaternary nitrogens is 1. The van der Waals surface area contributed by atoms with Crippen molar-refractivity contribution in [2.45, 2.75) is 6.92 Å². The lowest BCUT2D eigenvalue weighted by Gasteiger charge is -2.27. The molecule has 0 amide bonds. The summed E-state index contributed by atoms with van der Waals surface area (Å²) >= 11 is 0. The van der Waals surface area contributed by atoms with Gasteiger partial charge < -0.3 is 18.1 Å². The molecule has 0 aliphatic rings. The van der Waals surface area contributed by atoms with E-state index in [0.717, 1.165) is 16.7 Å². The van der Waals surface area contributed by atoms with Gasteiger partial charge in [0.15, 0.2) is 0 Å². The third-order valence-corrected chi connectivity index (χ3v) is 2.38. The molecule has 0 saturated heterocycles. The first-order valence-electron chi connectivity index (χ1n) is 4.25. The van der Waals surface area contributed by atoms with Crippen molar-refractivity contribution in [2.24, 2.45) is 0 Å². The molecule has 0 atom stereocenters. The minimum atomic E-state index is 0. The van der Waals surface area contributed by atoms with Crippen LogP contribution in [0.4, 0.5) is 11.4 Å². The molecule has 0 spiro atoms. The minimum Gasteiger partial charge on any atom is -1.00 e. The van der Waals surface area contributed by atoms with Crippen molar-refractivity contribution in [3.8, 4) is 0 Å². The van der Waals surface area contributed by atoms with Gasteiger partial charge in [0.05, 0.1) is 20.6 Å². The molecule has 13 heavy (non-hydrogen) atoms. The van der Waals surface area contributed by atoms with Gasteiger partial charge >= 0.3 is 0 Å². The molecule has 1 aromatic rings. The van der Waals surface area contributed by atoms with E-state index in [9.17, 15) is 0 Å². The average molecular weight is 201 g/mol. The number of rotatable bonds is 2. The summed E-state index contributed by atoms with van der Waals surface area (Å²) in [4.78, 5) is 0. The van der Waals surface area contributed by atoms with Crippen LogP contribution in [0.2, 0.25) is 0 Å². The van der Waals surface area contributed by atoms with E-state index in [1.54, 1.807) is 0 Å². The van der Waals surface area contributed by atoms with Crippen molar-refractivity contribution in [1.29, 1.82) is 0 Å². The summed E-state index contributed by atoms with van der Waals surface area (Å²) in [5, 5.41) is 0. The Balaban J connectivity index is 0.00000144. The predicted octanol–water partition coefficient (Wildman–Crippen LogP) is -1.14. The highest BCUT2D eigenvalue weighted by Gasteiger charge is 2.14. The minimum absolute atomic E-state index is 0. The molecular formula is C10H17ClN2. The third kappa shape index (κ3) is 2.90. The second kappa shape index (κ2) is 4.49. The number of hydrogen-bond acceptors (Lipinski definition) is 1. The number of anilines is 1. The highest BCUT2D eigenvalue weighted by atomic mass is 35.5. The number of nitrogens with zero attached hydrogens (tertiary/aromatic N) is 1. The van der Waals surface area contributed by atoms with E-state index in [0.29, 0.717) is 0 Å². The van der Waals surface area contributed by atoms with Crippen molar-refractivity contribution >= 4 is 11.4 Å². The van der Waals surface area contributed by atoms with E-state index in [2.05, 4.69) is 33.2 Å². The molecule has 3 heteroatoms. The molecule has 0 aliphatic carbocycles. The van der Waals surface area contributed by atoms with Gasteiger partial charge in [-0.25, -0.2) is 0 Å². The molecule has 1 rings (SSSR count). The van der Waals surface area contributed by atoms with Crippen LogP contribution in [0.15, 0.2) is 24.3 Å². The Morgan fingerprint density at radius 3 is 2.00 bits per heavy atom. The molecule has 2 nitrogen and oxygen atoms in total. The maximum absolute atomic E-state index is 5.60. The van der Waals surface area contributed by atoms with Crippen LogP contribution >= 0.6 is 0 Å². The molecule has 1 aromatic carbocycles. The lowest BCUT2D eigenvalue weighted by molar-refractivity contribution is -0.00000274. The zero-order valence-corrected chi connectivity index (χ0v) is 9.17. The Bertz CT molecular complexity index is 254. The van der Waals surface area contributed by atoms with Gasteiger partial charge in [-0.15, -0.1) is 0 Å². The fraction of sp³-hybridized carbons (Fsp3) is 0.400. The van der Waals surface area contributed by atoms with E-state index in [-0.39, 0.29) is 12.4 Å². The van der Waals surface area contributed by atoms with Crippen LogP contribution in [0.3, 0.4) is 0 Å². The van der Waals surface area contributed by atoms with Gasteiger partial charge in [0.25, 0.3) is 0 Å². The van der Waals surface area contributed by atoms with E-state index >= 15 is 0 Å². The van der Waals surface area contributed by atoms with E-state index in [1.165, 1.54) is 5.69 Å². The predicted molar refractivity (Wildman–Crippen MR) is 55.0 cm³/mol. The van der Waals surface area contributed by atoms with Crippen LogP contribution in [0.5, 0.6) is 0 Å². The zero-order valence-electron chi connectivity index (χ0n) is 8.42. The van der Waals surface area contributed by atoms with Gasteiger partial charge in [0.1, 0.15) is 5.69 Å². The highest BCUT2D eigenvalue weighted by molar-refractivity contribution is 5.50. The maximum Gasteiger partial charge on any atom is 0.132 e. The Kier molecular flexibility index (Phi) is 4.24. The summed E-state index contributed by atoms with van der Waals surface area (Å²) in [5.74, 6) is 0. The van der Waals surface area contributed by atoms with E-state index in [4.69, 9.17) is 5.73 Å². The Morgan fingerprint density at radius 1 is 1.15 bits per heavy atom. The molecule has 0 bridgehead atoms. The first-order valence-corrected chi connectivity index (χ1v) is 4.25. The monoisotopic (exact) mass is 200 g/mol. The van der Waals surface area contributed by atoms with Gasteiger partial charge in [0.2, 0.25) is 0 Å². The van der Waals surface area contributed by atoms with Crippen LogP contribution < -0.4 is 22.6 Å². The van der Waals surface area contributed by atoms with Crippen molar-refractivity contribution < 1.29 is 12.4 Å². The van der Waals surface area contributed by atoms with Crippen molar-refractivity contribution in [3.05, 3.63) is 24.3 Å². The second-order valence-corrected chi connectivity index (χ2v) is 3.59. The van der Waals surface area contributed by atoms with Crippen molar-refractivity contribution in [3.63, 3.8) is 0 Å². The number of nitrogens with two attached hydrogens (primary N) is 1. The molecule has 74 valence electrons. The third-order valence-electron chi connectivity index (χ3n) is 2.38. The Hall–Kier alpha value is -0.730. The molecule has 0 aliphatic heterocycles. The van der Waals surface area contributed by atoms with Gasteiger partial charge in [-0.1, -0.05) is 0 Å². The van der Waals surface area contributed by atoms with Crippen LogP contribution in [-0.2, 0) is 0 Å². The Labute approximate surface area is 86.4 Å². The molecule has 0 saturated carbocycles. The standard InChI is InChI=1S/C10H17N2.ClH/c1-4-12(2,3)10-7-5-9(11)6-8-10;/h5-8H,4,11H2,1-3H3;1H/q+1;/p-1. The van der Waals surface area contributed by atoms with Gasteiger partial charge in [0, 0.05) is 17.8 Å². The van der Waals surface area contributed by atoms with Gasteiger partial charge in [-0.2, -0.15) is 0 Å². The van der Waals surface area contributed by atoms with Crippen LogP contribution in [-0.4, -0.2) is 20.6 Å². The maximum atomic E-state index is 5.60. The number of hydrogen-bond donors (Lipinski definition) is 1. The SMILES string of the molecule is CC[N+](C)(C)c1ccc(N)cc1.[Cl-]. The van der Waals surface area contributed by atoms with Crippen molar-refractivity contribution in [1.82, 2.24) is 4.48 Å². The summed E-state index contributed by atoms with van der Waals surface area (Å²) in [6.45, 7) is 3.26. The fourth-order valence-electron chi connectivity index (χ4n) is 1.06. The highest BCUT2D eigenvalue weighted by Crippen LogP contribution is 2.19. The van der Waals surface area contributed by atoms with Crippen LogP contribution in [0.1, 0.15) is 6.92 Å². The van der Waals surface area contributed by atoms with Gasteiger partial charge in [-0.3, -0.25) is 4.48 Å². The van der Waals surface area contributed by atoms with Crippen molar-refractivity contribution in [2.75, 3.05) is 26.4 Å². The Morgan fingerprint density at radius 2 is 1.62 bits per heavy atom. The van der Waals surface area contributed by atoms with Gasteiger partial charge in [-0.05, 0) is 19.1 Å². The summed E-state index contributed by atoms with van der Waals surface area (Å²) in [5.41, 5.74) is 7.73. The smallest absolute Gasteiger partial charge is 0.132 e. The summed E-state index contributed by atoms with van der Waals surface area (Å²) in [6, 6.07) is 8.06. The zero-order chi connectivity index (χ0) is 9.19. The number of halogens is 1. The normalized spacial score (nSPS) is 10.7. The molecule has 0 heterocycles. The van der Waals surface area contributed by atoms with Crippen LogP contribution in [0, 0.1) is 0 Å². The fourth-order valence-corrected chi connectivity index (χ4v) is 1.06. The molecule has 0 radical (unpaired) electrons. The number of benzene rings is 1. The molecule has 2 N–H and O–H groups in total. The lowest BCUT2D eigenvalue weighted by Crippen LogP contribution is -3.00. The first kappa shape index (κ1) is 12.3. The van der Waals surface area contributed by atoms with E-state index < -0.39 is 0 Å². The summed E-state index contributed by atoms with van der Waals surface area (Å²) in [6.07, 6.45) is 0. The first-order chi connectivity index (χ1) is 5.56. The quantitative estimate of drug-likeness (QED) is 0.474.